The van der Waals surface area contributed by atoms with Gasteiger partial charge in [-0.15, -0.1) is 0 Å². The van der Waals surface area contributed by atoms with Crippen LogP contribution in [0.2, 0.25) is 5.02 Å². The third-order valence-electron chi connectivity index (χ3n) is 5.70. The van der Waals surface area contributed by atoms with Crippen LogP contribution in [0.15, 0.2) is 40.4 Å². The van der Waals surface area contributed by atoms with Crippen LogP contribution in [0.1, 0.15) is 12.5 Å². The van der Waals surface area contributed by atoms with Gasteiger partial charge in [-0.05, 0) is 18.2 Å². The number of nitrogens with zero attached hydrogens (tertiary/aromatic N) is 5. The molecule has 1 fully saturated rings. The third-order valence-corrected chi connectivity index (χ3v) is 7.03. The largest absolute Gasteiger partial charge is 0.379 e. The molecule has 5 rings (SSSR count). The number of carbonyl (C=O) groups excluding carboxylic acids is 1. The molecule has 3 aromatic rings. The van der Waals surface area contributed by atoms with Gasteiger partial charge in [-0.25, -0.2) is 9.67 Å². The second-order valence-corrected chi connectivity index (χ2v) is 9.24. The van der Waals surface area contributed by atoms with E-state index in [2.05, 4.69) is 15.3 Å². The van der Waals surface area contributed by atoms with Crippen molar-refractivity contribution in [3.63, 3.8) is 0 Å². The van der Waals surface area contributed by atoms with E-state index >= 15 is 0 Å². The zero-order valence-electron chi connectivity index (χ0n) is 17.4. The lowest BCUT2D eigenvalue weighted by molar-refractivity contribution is -0.121. The summed E-state index contributed by atoms with van der Waals surface area (Å²) < 4.78 is 8.60. The standard InChI is InChI=1S/C21H23ClN6O3S/c22-14-2-1-3-15(10-14)28-19-17(12-24-28)20(30)27-16(13-32-21(27)25-19)11-18(29)23-4-5-26-6-8-31-9-7-26/h1-3,10,12,16H,4-9,11,13H2,(H,23,29). The van der Waals surface area contributed by atoms with Crippen LogP contribution in [-0.4, -0.2) is 75.3 Å². The molecule has 4 heterocycles. The van der Waals surface area contributed by atoms with E-state index in [-0.39, 0.29) is 23.9 Å². The molecule has 0 spiro atoms. The summed E-state index contributed by atoms with van der Waals surface area (Å²) >= 11 is 7.59. The molecular weight excluding hydrogens is 452 g/mol. The molecular formula is C21H23ClN6O3S. The number of morpholine rings is 1. The van der Waals surface area contributed by atoms with Crippen LogP contribution in [0.5, 0.6) is 0 Å². The fourth-order valence-electron chi connectivity index (χ4n) is 4.04. The number of hydrogen-bond donors (Lipinski definition) is 1. The Hall–Kier alpha value is -2.40. The first kappa shape index (κ1) is 21.4. The minimum atomic E-state index is -0.225. The van der Waals surface area contributed by atoms with E-state index in [1.54, 1.807) is 21.4 Å². The van der Waals surface area contributed by atoms with Gasteiger partial charge in [0.15, 0.2) is 10.8 Å². The second kappa shape index (κ2) is 9.22. The average Bonchev–Trinajstić information content (AvgIpc) is 3.39. The first-order chi connectivity index (χ1) is 15.6. The number of halogens is 1. The molecule has 168 valence electrons. The van der Waals surface area contributed by atoms with E-state index in [4.69, 9.17) is 21.3 Å². The molecule has 1 atom stereocenters. The molecule has 1 unspecified atom stereocenters. The lowest BCUT2D eigenvalue weighted by atomic mass is 10.2. The van der Waals surface area contributed by atoms with Crippen molar-refractivity contribution in [1.82, 2.24) is 29.5 Å². The van der Waals surface area contributed by atoms with E-state index in [1.165, 1.54) is 18.0 Å². The van der Waals surface area contributed by atoms with Crippen LogP contribution >= 0.6 is 23.4 Å². The van der Waals surface area contributed by atoms with E-state index in [0.717, 1.165) is 38.5 Å². The predicted octanol–water partition coefficient (Wildman–Crippen LogP) is 1.72. The maximum atomic E-state index is 13.2. The van der Waals surface area contributed by atoms with Crippen molar-refractivity contribution in [3.8, 4) is 5.69 Å². The fourth-order valence-corrected chi connectivity index (χ4v) is 5.36. The molecule has 0 bridgehead atoms. The third kappa shape index (κ3) is 4.27. The van der Waals surface area contributed by atoms with Gasteiger partial charge in [-0.2, -0.15) is 5.10 Å². The van der Waals surface area contributed by atoms with Gasteiger partial charge in [0.2, 0.25) is 5.91 Å². The van der Waals surface area contributed by atoms with Gasteiger partial charge in [-0.3, -0.25) is 19.1 Å². The van der Waals surface area contributed by atoms with Crippen molar-refractivity contribution in [2.45, 2.75) is 17.6 Å². The molecule has 1 aromatic carbocycles. The molecule has 2 aliphatic rings. The maximum absolute atomic E-state index is 13.2. The zero-order chi connectivity index (χ0) is 22.1. The molecule has 11 heteroatoms. The predicted molar refractivity (Wildman–Crippen MR) is 123 cm³/mol. The van der Waals surface area contributed by atoms with Crippen LogP contribution in [0.3, 0.4) is 0 Å². The number of thioether (sulfide) groups is 1. The molecule has 2 aromatic heterocycles. The zero-order valence-corrected chi connectivity index (χ0v) is 18.9. The van der Waals surface area contributed by atoms with Crippen LogP contribution in [0.4, 0.5) is 0 Å². The molecule has 0 saturated carbocycles. The number of amides is 1. The molecule has 0 radical (unpaired) electrons. The van der Waals surface area contributed by atoms with Gasteiger partial charge in [0.25, 0.3) is 5.56 Å². The minimum absolute atomic E-state index is 0.0571. The smallest absolute Gasteiger partial charge is 0.265 e. The van der Waals surface area contributed by atoms with Crippen molar-refractivity contribution in [3.05, 3.63) is 45.8 Å². The summed E-state index contributed by atoms with van der Waals surface area (Å²) in [7, 11) is 0. The molecule has 1 amide bonds. The summed E-state index contributed by atoms with van der Waals surface area (Å²) in [5.74, 6) is 0.578. The van der Waals surface area contributed by atoms with Gasteiger partial charge < -0.3 is 10.1 Å². The Kier molecular flexibility index (Phi) is 6.18. The summed E-state index contributed by atoms with van der Waals surface area (Å²) in [6.45, 7) is 4.65. The number of hydrogen-bond acceptors (Lipinski definition) is 7. The van der Waals surface area contributed by atoms with Crippen LogP contribution in [-0.2, 0) is 9.53 Å². The average molecular weight is 475 g/mol. The van der Waals surface area contributed by atoms with Gasteiger partial charge in [0.05, 0.1) is 31.1 Å². The topological polar surface area (TPSA) is 94.3 Å². The normalized spacial score (nSPS) is 18.7. The summed E-state index contributed by atoms with van der Waals surface area (Å²) in [6.07, 6.45) is 1.78. The van der Waals surface area contributed by atoms with Crippen LogP contribution in [0, 0.1) is 0 Å². The molecule has 1 N–H and O–H groups in total. The van der Waals surface area contributed by atoms with E-state index in [0.29, 0.717) is 33.5 Å². The van der Waals surface area contributed by atoms with Crippen molar-refractivity contribution in [1.29, 1.82) is 0 Å². The summed E-state index contributed by atoms with van der Waals surface area (Å²) in [4.78, 5) is 32.7. The van der Waals surface area contributed by atoms with Crippen molar-refractivity contribution < 1.29 is 9.53 Å². The first-order valence-corrected chi connectivity index (χ1v) is 11.9. The molecule has 1 saturated heterocycles. The number of ether oxygens (including phenoxy) is 1. The van der Waals surface area contributed by atoms with Crippen LogP contribution in [0.25, 0.3) is 16.7 Å². The van der Waals surface area contributed by atoms with Gasteiger partial charge >= 0.3 is 0 Å². The number of benzene rings is 1. The SMILES string of the molecule is O=C(CC1CSc2nc3c(cnn3-c3cccc(Cl)c3)c(=O)n21)NCCN1CCOCC1. The first-order valence-electron chi connectivity index (χ1n) is 10.6. The number of nitrogens with one attached hydrogen (secondary N) is 1. The summed E-state index contributed by atoms with van der Waals surface area (Å²) in [5.41, 5.74) is 1.06. The van der Waals surface area contributed by atoms with Gasteiger partial charge in [0, 0.05) is 43.4 Å². The van der Waals surface area contributed by atoms with E-state index in [1.807, 2.05) is 12.1 Å². The van der Waals surface area contributed by atoms with Crippen molar-refractivity contribution in [2.24, 2.45) is 0 Å². The fraction of sp³-hybridized carbons (Fsp3) is 0.429. The van der Waals surface area contributed by atoms with Gasteiger partial charge in [-0.1, -0.05) is 29.4 Å². The minimum Gasteiger partial charge on any atom is -0.379 e. The monoisotopic (exact) mass is 474 g/mol. The summed E-state index contributed by atoms with van der Waals surface area (Å²) in [5, 5.41) is 8.95. The van der Waals surface area contributed by atoms with Crippen molar-refractivity contribution >= 4 is 40.3 Å². The molecule has 32 heavy (non-hydrogen) atoms. The number of carbonyl (C=O) groups is 1. The number of aromatic nitrogens is 4. The van der Waals surface area contributed by atoms with Crippen molar-refractivity contribution in [2.75, 3.05) is 45.1 Å². The highest BCUT2D eigenvalue weighted by molar-refractivity contribution is 7.99. The second-order valence-electron chi connectivity index (χ2n) is 7.82. The highest BCUT2D eigenvalue weighted by Gasteiger charge is 2.29. The Morgan fingerprint density at radius 2 is 2.16 bits per heavy atom. The van der Waals surface area contributed by atoms with E-state index in [9.17, 15) is 9.59 Å². The molecule has 2 aliphatic heterocycles. The van der Waals surface area contributed by atoms with Gasteiger partial charge in [0.1, 0.15) is 5.39 Å². The Balaban J connectivity index is 1.31. The lowest BCUT2D eigenvalue weighted by Crippen LogP contribution is -2.41. The van der Waals surface area contributed by atoms with Crippen LogP contribution < -0.4 is 10.9 Å². The number of rotatable bonds is 6. The Labute approximate surface area is 193 Å². The van der Waals surface area contributed by atoms with E-state index < -0.39 is 0 Å². The Morgan fingerprint density at radius 3 is 2.97 bits per heavy atom. The Morgan fingerprint density at radius 1 is 1.31 bits per heavy atom. The Bertz CT molecular complexity index is 1210. The quantitative estimate of drug-likeness (QED) is 0.543. The lowest BCUT2D eigenvalue weighted by Gasteiger charge is -2.26. The number of fused-ring (bicyclic) bond motifs is 2. The highest BCUT2D eigenvalue weighted by atomic mass is 35.5. The highest BCUT2D eigenvalue weighted by Crippen LogP contribution is 2.33. The summed E-state index contributed by atoms with van der Waals surface area (Å²) in [6, 6.07) is 7.02. The molecule has 9 nitrogen and oxygen atoms in total. The maximum Gasteiger partial charge on any atom is 0.265 e. The molecule has 0 aliphatic carbocycles.